The van der Waals surface area contributed by atoms with Crippen molar-refractivity contribution in [3.05, 3.63) is 0 Å². The number of ether oxygens (including phenoxy) is 1. The van der Waals surface area contributed by atoms with Gasteiger partial charge in [0.1, 0.15) is 0 Å². The van der Waals surface area contributed by atoms with Crippen LogP contribution in [-0.2, 0) is 4.74 Å². The molecule has 0 rings (SSSR count). The van der Waals surface area contributed by atoms with Gasteiger partial charge in [-0.3, -0.25) is 0 Å². The Balaban J connectivity index is 3.23. The molecule has 1 atom stereocenters. The maximum absolute atomic E-state index is 6.08. The first kappa shape index (κ1) is 24.0. The van der Waals surface area contributed by atoms with Crippen molar-refractivity contribution in [1.82, 2.24) is 0 Å². The van der Waals surface area contributed by atoms with Crippen molar-refractivity contribution in [3.63, 3.8) is 0 Å². The van der Waals surface area contributed by atoms with E-state index < -0.39 is 0 Å². The summed E-state index contributed by atoms with van der Waals surface area (Å²) in [5, 5.41) is 0. The zero-order valence-corrected chi connectivity index (χ0v) is 17.4. The highest BCUT2D eigenvalue weighted by Gasteiger charge is 2.05. The summed E-state index contributed by atoms with van der Waals surface area (Å²) in [5.74, 6) is 0. The zero-order valence-electron chi connectivity index (χ0n) is 17.4. The molecule has 0 aliphatic rings. The van der Waals surface area contributed by atoms with Crippen LogP contribution in [0.2, 0.25) is 0 Å². The third-order valence-corrected chi connectivity index (χ3v) is 5.19. The standard InChI is InChI=1S/C23H48O/c1-4-7-9-11-12-13-14-15-16-18-20-22-24-23(6-3)21-19-17-10-8-5-2/h23H,4-22H2,1-3H3. The maximum Gasteiger partial charge on any atom is 0.0572 e. The van der Waals surface area contributed by atoms with E-state index in [2.05, 4.69) is 20.8 Å². The zero-order chi connectivity index (χ0) is 17.7. The van der Waals surface area contributed by atoms with E-state index in [1.165, 1.54) is 116 Å². The second kappa shape index (κ2) is 21.0. The molecule has 0 spiro atoms. The van der Waals surface area contributed by atoms with Crippen molar-refractivity contribution in [1.29, 1.82) is 0 Å². The highest BCUT2D eigenvalue weighted by molar-refractivity contribution is 4.57. The minimum absolute atomic E-state index is 0.523. The fraction of sp³-hybridized carbons (Fsp3) is 1.00. The maximum atomic E-state index is 6.08. The molecule has 1 nitrogen and oxygen atoms in total. The Bertz CT molecular complexity index is 214. The van der Waals surface area contributed by atoms with Gasteiger partial charge in [-0.15, -0.1) is 0 Å². The van der Waals surface area contributed by atoms with E-state index in [1.807, 2.05) is 0 Å². The number of rotatable bonds is 20. The third-order valence-electron chi connectivity index (χ3n) is 5.19. The molecule has 1 unspecified atom stereocenters. The van der Waals surface area contributed by atoms with Crippen molar-refractivity contribution >= 4 is 0 Å². The van der Waals surface area contributed by atoms with E-state index in [0.29, 0.717) is 6.10 Å². The molecule has 0 saturated carbocycles. The lowest BCUT2D eigenvalue weighted by molar-refractivity contribution is 0.0406. The Labute approximate surface area is 154 Å². The Morgan fingerprint density at radius 1 is 0.500 bits per heavy atom. The second-order valence-electron chi connectivity index (χ2n) is 7.64. The predicted molar refractivity (Wildman–Crippen MR) is 110 cm³/mol. The molecular weight excluding hydrogens is 292 g/mol. The summed E-state index contributed by atoms with van der Waals surface area (Å²) >= 11 is 0. The summed E-state index contributed by atoms with van der Waals surface area (Å²) in [6.07, 6.45) is 25.4. The first-order chi connectivity index (χ1) is 11.8. The van der Waals surface area contributed by atoms with Gasteiger partial charge in [0.2, 0.25) is 0 Å². The van der Waals surface area contributed by atoms with Crippen LogP contribution in [-0.4, -0.2) is 12.7 Å². The normalized spacial score (nSPS) is 12.6. The van der Waals surface area contributed by atoms with E-state index in [-0.39, 0.29) is 0 Å². The van der Waals surface area contributed by atoms with E-state index in [1.54, 1.807) is 0 Å². The van der Waals surface area contributed by atoms with Crippen LogP contribution >= 0.6 is 0 Å². The van der Waals surface area contributed by atoms with Crippen LogP contribution in [0.1, 0.15) is 136 Å². The summed E-state index contributed by atoms with van der Waals surface area (Å²) in [5.41, 5.74) is 0. The Kier molecular flexibility index (Phi) is 21.0. The first-order valence-electron chi connectivity index (χ1n) is 11.5. The lowest BCUT2D eigenvalue weighted by Gasteiger charge is -2.16. The lowest BCUT2D eigenvalue weighted by Crippen LogP contribution is -2.12. The number of unbranched alkanes of at least 4 members (excludes halogenated alkanes) is 14. The van der Waals surface area contributed by atoms with Gasteiger partial charge in [-0.25, -0.2) is 0 Å². The van der Waals surface area contributed by atoms with Gasteiger partial charge in [0.15, 0.2) is 0 Å². The Hall–Kier alpha value is -0.0400. The molecule has 24 heavy (non-hydrogen) atoms. The monoisotopic (exact) mass is 340 g/mol. The molecule has 0 aliphatic heterocycles. The summed E-state index contributed by atoms with van der Waals surface area (Å²) in [7, 11) is 0. The molecule has 0 amide bonds. The number of hydrogen-bond donors (Lipinski definition) is 0. The minimum Gasteiger partial charge on any atom is -0.378 e. The molecule has 0 aliphatic carbocycles. The Morgan fingerprint density at radius 3 is 1.38 bits per heavy atom. The minimum atomic E-state index is 0.523. The van der Waals surface area contributed by atoms with Gasteiger partial charge >= 0.3 is 0 Å². The van der Waals surface area contributed by atoms with Crippen molar-refractivity contribution in [3.8, 4) is 0 Å². The SMILES string of the molecule is CCCCCCCCCCCCCOC(CC)CCCCCCC. The van der Waals surface area contributed by atoms with E-state index in [9.17, 15) is 0 Å². The number of hydrogen-bond acceptors (Lipinski definition) is 1. The van der Waals surface area contributed by atoms with Gasteiger partial charge in [0.25, 0.3) is 0 Å². The van der Waals surface area contributed by atoms with Crippen molar-refractivity contribution < 1.29 is 4.74 Å². The van der Waals surface area contributed by atoms with E-state index in [0.717, 1.165) is 6.61 Å². The fourth-order valence-corrected chi connectivity index (χ4v) is 3.40. The average molecular weight is 341 g/mol. The van der Waals surface area contributed by atoms with Gasteiger partial charge in [-0.05, 0) is 19.3 Å². The van der Waals surface area contributed by atoms with Crippen LogP contribution in [0.15, 0.2) is 0 Å². The predicted octanol–water partition coefficient (Wildman–Crippen LogP) is 8.45. The van der Waals surface area contributed by atoms with Gasteiger partial charge < -0.3 is 4.74 Å². The van der Waals surface area contributed by atoms with Gasteiger partial charge in [-0.2, -0.15) is 0 Å². The van der Waals surface area contributed by atoms with Crippen LogP contribution in [0, 0.1) is 0 Å². The highest BCUT2D eigenvalue weighted by Crippen LogP contribution is 2.14. The molecule has 0 heterocycles. The highest BCUT2D eigenvalue weighted by atomic mass is 16.5. The summed E-state index contributed by atoms with van der Waals surface area (Å²) in [4.78, 5) is 0. The average Bonchev–Trinajstić information content (AvgIpc) is 2.60. The third kappa shape index (κ3) is 18.3. The molecule has 0 radical (unpaired) electrons. The second-order valence-corrected chi connectivity index (χ2v) is 7.64. The van der Waals surface area contributed by atoms with Gasteiger partial charge in [-0.1, -0.05) is 117 Å². The first-order valence-corrected chi connectivity index (χ1v) is 11.5. The smallest absolute Gasteiger partial charge is 0.0572 e. The van der Waals surface area contributed by atoms with Crippen LogP contribution in [0.25, 0.3) is 0 Å². The van der Waals surface area contributed by atoms with Crippen LogP contribution in [0.3, 0.4) is 0 Å². The molecule has 0 bridgehead atoms. The van der Waals surface area contributed by atoms with E-state index in [4.69, 9.17) is 4.74 Å². The summed E-state index contributed by atoms with van der Waals surface area (Å²) < 4.78 is 6.08. The molecule has 0 fully saturated rings. The topological polar surface area (TPSA) is 9.23 Å². The van der Waals surface area contributed by atoms with Crippen molar-refractivity contribution in [2.24, 2.45) is 0 Å². The molecule has 0 saturated heterocycles. The fourth-order valence-electron chi connectivity index (χ4n) is 3.40. The van der Waals surface area contributed by atoms with Crippen LogP contribution in [0.5, 0.6) is 0 Å². The summed E-state index contributed by atoms with van der Waals surface area (Å²) in [6, 6.07) is 0. The van der Waals surface area contributed by atoms with Gasteiger partial charge in [0.05, 0.1) is 6.10 Å². The van der Waals surface area contributed by atoms with Crippen LogP contribution < -0.4 is 0 Å². The largest absolute Gasteiger partial charge is 0.378 e. The quantitative estimate of drug-likeness (QED) is 0.202. The molecule has 146 valence electrons. The molecule has 1 heteroatoms. The molecule has 0 aromatic carbocycles. The van der Waals surface area contributed by atoms with E-state index >= 15 is 0 Å². The summed E-state index contributed by atoms with van der Waals surface area (Å²) in [6.45, 7) is 7.84. The lowest BCUT2D eigenvalue weighted by atomic mass is 10.1. The molecule has 0 aromatic rings. The van der Waals surface area contributed by atoms with Crippen molar-refractivity contribution in [2.75, 3.05) is 6.61 Å². The van der Waals surface area contributed by atoms with Gasteiger partial charge in [0, 0.05) is 6.61 Å². The Morgan fingerprint density at radius 2 is 0.917 bits per heavy atom. The van der Waals surface area contributed by atoms with Crippen molar-refractivity contribution in [2.45, 2.75) is 142 Å². The molecule has 0 aromatic heterocycles. The molecular formula is C23H48O. The van der Waals surface area contributed by atoms with Crippen LogP contribution in [0.4, 0.5) is 0 Å². The molecule has 0 N–H and O–H groups in total.